The minimum atomic E-state index is 0. The van der Waals surface area contributed by atoms with Gasteiger partial charge in [0.2, 0.25) is 0 Å². The van der Waals surface area contributed by atoms with Gasteiger partial charge in [0.25, 0.3) is 0 Å². The zero-order valence-electron chi connectivity index (χ0n) is 3.52. The van der Waals surface area contributed by atoms with Crippen molar-refractivity contribution in [2.45, 2.75) is 0 Å². The summed E-state index contributed by atoms with van der Waals surface area (Å²) in [7, 11) is 3.09. The van der Waals surface area contributed by atoms with Crippen molar-refractivity contribution in [3.63, 3.8) is 0 Å². The van der Waals surface area contributed by atoms with E-state index in [4.69, 9.17) is 5.73 Å². The molecule has 33 valence electrons. The molecule has 0 fully saturated rings. The van der Waals surface area contributed by atoms with Crippen LogP contribution in [0.3, 0.4) is 0 Å². The molecule has 1 radical (unpaired) electrons. The van der Waals surface area contributed by atoms with Crippen LogP contribution in [0.1, 0.15) is 0 Å². The van der Waals surface area contributed by atoms with E-state index in [1.807, 2.05) is 0 Å². The summed E-state index contributed by atoms with van der Waals surface area (Å²) < 4.78 is 0. The van der Waals surface area contributed by atoms with Crippen LogP contribution >= 0.6 is 0 Å². The fourth-order valence-electron chi connectivity index (χ4n) is 0. The van der Waals surface area contributed by atoms with Crippen molar-refractivity contribution in [2.75, 3.05) is 0 Å². The molecule has 2 nitrogen and oxygen atoms in total. The van der Waals surface area contributed by atoms with Gasteiger partial charge in [0, 0.05) is 32.7 Å². The number of hydrogen-bond acceptors (Lipinski definition) is 1. The van der Waals surface area contributed by atoms with Crippen LogP contribution in [-0.2, 0) is 32.7 Å². The van der Waals surface area contributed by atoms with Gasteiger partial charge in [-0.2, -0.15) is 7.05 Å². The molecule has 0 aromatic rings. The Bertz CT molecular complexity index is 46.8. The zero-order valence-corrected chi connectivity index (χ0v) is 6.35. The summed E-state index contributed by atoms with van der Waals surface area (Å²) in [6, 6.07) is 0. The van der Waals surface area contributed by atoms with Crippen molar-refractivity contribution in [1.82, 2.24) is 0 Å². The Morgan fingerprint density at radius 3 is 1.83 bits per heavy atom. The van der Waals surface area contributed by atoms with Crippen molar-refractivity contribution in [3.05, 3.63) is 14.0 Å². The topological polar surface area (TPSA) is 38.4 Å². The molecule has 0 aliphatic heterocycles. The van der Waals surface area contributed by atoms with Crippen LogP contribution < -0.4 is 5.73 Å². The van der Waals surface area contributed by atoms with Crippen LogP contribution in [0, 0.1) is 14.0 Å². The van der Waals surface area contributed by atoms with E-state index in [0.717, 1.165) is 0 Å². The van der Waals surface area contributed by atoms with Gasteiger partial charge >= 0.3 is 0 Å². The molecular weight excluding hydrogens is 153 g/mol. The number of aliphatic imine (C=N–C) groups is 1. The van der Waals surface area contributed by atoms with Crippen LogP contribution in [0.5, 0.6) is 0 Å². The molecule has 0 aliphatic carbocycles. The Balaban J connectivity index is 0. The van der Waals surface area contributed by atoms with Crippen molar-refractivity contribution >= 4 is 5.84 Å². The van der Waals surface area contributed by atoms with Gasteiger partial charge in [-0.25, -0.2) is 5.84 Å². The molecule has 0 unspecified atom stereocenters. The molecule has 0 aliphatic rings. The van der Waals surface area contributed by atoms with Crippen LogP contribution in [-0.4, -0.2) is 5.84 Å². The Labute approximate surface area is 63.1 Å². The first-order chi connectivity index (χ1) is 2.27. The minimum absolute atomic E-state index is 0. The number of amidine groups is 1. The summed E-state index contributed by atoms with van der Waals surface area (Å²) in [5.41, 5.74) is 4.87. The van der Waals surface area contributed by atoms with E-state index >= 15 is 0 Å². The molecule has 3 heteroatoms. The smallest absolute Gasteiger partial charge is 0 e. The van der Waals surface area contributed by atoms with E-state index in [0.29, 0.717) is 0 Å². The van der Waals surface area contributed by atoms with E-state index in [1.165, 1.54) is 0 Å². The molecule has 0 saturated carbocycles. The Morgan fingerprint density at radius 1 is 1.67 bits per heavy atom. The number of nitrogens with zero attached hydrogens (tertiary/aromatic N) is 1. The molecular formula is C3H6N2Y-2. The van der Waals surface area contributed by atoms with Gasteiger partial charge in [-0.05, 0) is 0 Å². The van der Waals surface area contributed by atoms with Crippen molar-refractivity contribution in [3.8, 4) is 0 Å². The maximum atomic E-state index is 4.87. The van der Waals surface area contributed by atoms with Crippen LogP contribution in [0.25, 0.3) is 0 Å². The molecule has 0 heterocycles. The molecule has 0 spiro atoms. The van der Waals surface area contributed by atoms with Crippen LogP contribution in [0.2, 0.25) is 0 Å². The van der Waals surface area contributed by atoms with E-state index in [-0.39, 0.29) is 38.5 Å². The van der Waals surface area contributed by atoms with Crippen molar-refractivity contribution in [1.29, 1.82) is 0 Å². The fourth-order valence-corrected chi connectivity index (χ4v) is 0. The molecule has 6 heavy (non-hydrogen) atoms. The fraction of sp³-hybridized carbons (Fsp3) is 0. The van der Waals surface area contributed by atoms with Gasteiger partial charge < -0.3 is 17.6 Å². The number of rotatable bonds is 0. The maximum absolute atomic E-state index is 4.87. The van der Waals surface area contributed by atoms with Gasteiger partial charge in [-0.3, -0.25) is 0 Å². The second kappa shape index (κ2) is 5.31. The Hall–Kier alpha value is 0.314. The first-order valence-corrected chi connectivity index (χ1v) is 1.18. The quantitative estimate of drug-likeness (QED) is 0.300. The van der Waals surface area contributed by atoms with E-state index in [2.05, 4.69) is 19.0 Å². The summed E-state index contributed by atoms with van der Waals surface area (Å²) in [6.45, 7) is 3.22. The normalized spacial score (nSPS) is 9.67. The monoisotopic (exact) mass is 159 g/mol. The standard InChI is InChI=1S/C3H6N2.Y/c1-3(4)5-2;/h1-2H2,(H2,4,5);/q-2;. The molecule has 2 N–H and O–H groups in total. The summed E-state index contributed by atoms with van der Waals surface area (Å²) >= 11 is 0. The van der Waals surface area contributed by atoms with Gasteiger partial charge in [-0.1, -0.05) is 0 Å². The van der Waals surface area contributed by atoms with Crippen molar-refractivity contribution < 1.29 is 32.7 Å². The van der Waals surface area contributed by atoms with Gasteiger partial charge in [-0.15, -0.1) is 0 Å². The molecule has 0 saturated heterocycles. The molecule has 0 aromatic heterocycles. The number of nitrogens with two attached hydrogens (primary N) is 1. The molecule has 0 rings (SSSR count). The zero-order chi connectivity index (χ0) is 4.28. The van der Waals surface area contributed by atoms with Gasteiger partial charge in [0.15, 0.2) is 0 Å². The first-order valence-electron chi connectivity index (χ1n) is 1.18. The average molecular weight is 159 g/mol. The maximum Gasteiger partial charge on any atom is 0 e. The molecule has 0 amide bonds. The van der Waals surface area contributed by atoms with E-state index in [1.54, 1.807) is 0 Å². The summed E-state index contributed by atoms with van der Waals surface area (Å²) in [5.74, 6) is 0.269. The van der Waals surface area contributed by atoms with E-state index in [9.17, 15) is 0 Å². The molecule has 0 bridgehead atoms. The third-order valence-corrected chi connectivity index (χ3v) is 0.203. The SMILES string of the molecule is [CH2-]N=C([CH2-])N.[Y]. The Morgan fingerprint density at radius 2 is 1.83 bits per heavy atom. The van der Waals surface area contributed by atoms with Gasteiger partial charge in [0.1, 0.15) is 0 Å². The predicted molar refractivity (Wildman–Crippen MR) is 22.3 cm³/mol. The minimum Gasteiger partial charge on any atom is -0.490 e. The van der Waals surface area contributed by atoms with E-state index < -0.39 is 0 Å². The van der Waals surface area contributed by atoms with Crippen LogP contribution in [0.15, 0.2) is 4.99 Å². The average Bonchev–Trinajstić information content (AvgIpc) is 1.38. The predicted octanol–water partition coefficient (Wildman–Crippen LogP) is -0.0332. The third-order valence-electron chi connectivity index (χ3n) is 0.203. The van der Waals surface area contributed by atoms with Crippen LogP contribution in [0.4, 0.5) is 0 Å². The number of hydrogen-bond donors (Lipinski definition) is 1. The van der Waals surface area contributed by atoms with Crippen molar-refractivity contribution in [2.24, 2.45) is 10.7 Å². The molecule has 0 atom stereocenters. The second-order valence-electron chi connectivity index (χ2n) is 0.649. The first kappa shape index (κ1) is 9.58. The third kappa shape index (κ3) is 8.85. The largest absolute Gasteiger partial charge is 0.490 e. The summed E-state index contributed by atoms with van der Waals surface area (Å²) in [4.78, 5) is 3.22. The Kier molecular flexibility index (Phi) is 8.48. The van der Waals surface area contributed by atoms with Gasteiger partial charge in [0.05, 0.1) is 0 Å². The summed E-state index contributed by atoms with van der Waals surface area (Å²) in [6.07, 6.45) is 0. The summed E-state index contributed by atoms with van der Waals surface area (Å²) in [5, 5.41) is 0. The second-order valence-corrected chi connectivity index (χ2v) is 0.649. The molecule has 0 aromatic carbocycles.